The Hall–Kier alpha value is -0.610. The third-order valence-corrected chi connectivity index (χ3v) is 4.01. The number of aliphatic hydroxyl groups is 1. The third-order valence-electron chi connectivity index (χ3n) is 4.01. The Labute approximate surface area is 104 Å². The van der Waals surface area contributed by atoms with Gasteiger partial charge >= 0.3 is 0 Å². The minimum Gasteiger partial charge on any atom is -0.394 e. The minimum absolute atomic E-state index is 0.0260. The Balaban J connectivity index is 2.73. The van der Waals surface area contributed by atoms with E-state index >= 15 is 0 Å². The van der Waals surface area contributed by atoms with E-state index in [0.717, 1.165) is 25.7 Å². The molecule has 1 saturated carbocycles. The summed E-state index contributed by atoms with van der Waals surface area (Å²) >= 11 is 0. The second-order valence-electron chi connectivity index (χ2n) is 5.78. The summed E-state index contributed by atoms with van der Waals surface area (Å²) in [6.07, 6.45) is 5.19. The summed E-state index contributed by atoms with van der Waals surface area (Å²) in [5, 5.41) is 9.31. The van der Waals surface area contributed by atoms with Crippen molar-refractivity contribution >= 4 is 5.91 Å². The van der Waals surface area contributed by atoms with E-state index in [1.54, 1.807) is 11.9 Å². The van der Waals surface area contributed by atoms with Crippen LogP contribution in [0.5, 0.6) is 0 Å². The molecule has 2 unspecified atom stereocenters. The van der Waals surface area contributed by atoms with Gasteiger partial charge in [0.1, 0.15) is 0 Å². The largest absolute Gasteiger partial charge is 0.394 e. The van der Waals surface area contributed by atoms with Gasteiger partial charge in [-0.3, -0.25) is 4.79 Å². The van der Waals surface area contributed by atoms with Gasteiger partial charge in [0.2, 0.25) is 5.91 Å². The highest BCUT2D eigenvalue weighted by Gasteiger charge is 2.34. The summed E-state index contributed by atoms with van der Waals surface area (Å²) < 4.78 is 0. The van der Waals surface area contributed by atoms with Crippen LogP contribution in [0.4, 0.5) is 0 Å². The molecule has 1 aliphatic carbocycles. The highest BCUT2D eigenvalue weighted by Crippen LogP contribution is 2.26. The fourth-order valence-electron chi connectivity index (χ4n) is 2.30. The molecule has 4 nitrogen and oxygen atoms in total. The molecule has 3 N–H and O–H groups in total. The summed E-state index contributed by atoms with van der Waals surface area (Å²) in [5.41, 5.74) is 5.58. The van der Waals surface area contributed by atoms with E-state index in [1.807, 2.05) is 13.8 Å². The maximum absolute atomic E-state index is 12.4. The van der Waals surface area contributed by atoms with Crippen molar-refractivity contribution < 1.29 is 9.90 Å². The summed E-state index contributed by atoms with van der Waals surface area (Å²) in [6.45, 7) is 3.71. The molecule has 100 valence electrons. The van der Waals surface area contributed by atoms with Gasteiger partial charge < -0.3 is 15.7 Å². The molecular formula is C13H26N2O2. The van der Waals surface area contributed by atoms with Crippen molar-refractivity contribution in [2.24, 2.45) is 11.7 Å². The fourth-order valence-corrected chi connectivity index (χ4v) is 2.30. The van der Waals surface area contributed by atoms with Crippen LogP contribution in [0.25, 0.3) is 0 Å². The normalized spacial score (nSPS) is 26.4. The van der Waals surface area contributed by atoms with Gasteiger partial charge in [0.15, 0.2) is 0 Å². The molecule has 0 aromatic rings. The topological polar surface area (TPSA) is 66.6 Å². The van der Waals surface area contributed by atoms with Crippen LogP contribution in [0.15, 0.2) is 0 Å². The van der Waals surface area contributed by atoms with Gasteiger partial charge in [0.05, 0.1) is 18.1 Å². The Morgan fingerprint density at radius 3 is 2.53 bits per heavy atom. The third kappa shape index (κ3) is 3.42. The van der Waals surface area contributed by atoms with E-state index in [4.69, 9.17) is 5.73 Å². The standard InChI is InChI=1S/C13H26N2O2/c1-13(2,9-16)15(3)12(17)10-7-5-4-6-8-11(10)14/h10-11,16H,4-9,14H2,1-3H3. The molecule has 1 amide bonds. The summed E-state index contributed by atoms with van der Waals surface area (Å²) in [5.74, 6) is 0.00627. The zero-order chi connectivity index (χ0) is 13.1. The molecule has 1 aliphatic rings. The van der Waals surface area contributed by atoms with E-state index < -0.39 is 5.54 Å². The summed E-state index contributed by atoms with van der Waals surface area (Å²) in [7, 11) is 1.76. The lowest BCUT2D eigenvalue weighted by Crippen LogP contribution is -2.52. The molecule has 1 rings (SSSR count). The Morgan fingerprint density at radius 1 is 1.35 bits per heavy atom. The fraction of sp³-hybridized carbons (Fsp3) is 0.923. The minimum atomic E-state index is -0.511. The van der Waals surface area contributed by atoms with Gasteiger partial charge in [0.25, 0.3) is 0 Å². The van der Waals surface area contributed by atoms with Gasteiger partial charge in [0, 0.05) is 13.1 Å². The van der Waals surface area contributed by atoms with Crippen molar-refractivity contribution in [3.8, 4) is 0 Å². The number of carbonyl (C=O) groups is 1. The quantitative estimate of drug-likeness (QED) is 0.729. The molecule has 0 aliphatic heterocycles. The Kier molecular flexibility index (Phi) is 4.95. The number of aliphatic hydroxyl groups excluding tert-OH is 1. The maximum Gasteiger partial charge on any atom is 0.227 e. The molecule has 0 aromatic heterocycles. The number of likely N-dealkylation sites (N-methyl/N-ethyl adjacent to an activating group) is 1. The molecule has 0 saturated heterocycles. The number of carbonyl (C=O) groups excluding carboxylic acids is 1. The average molecular weight is 242 g/mol. The van der Waals surface area contributed by atoms with E-state index in [9.17, 15) is 9.90 Å². The number of hydrogen-bond acceptors (Lipinski definition) is 3. The number of hydrogen-bond donors (Lipinski definition) is 2. The lowest BCUT2D eigenvalue weighted by atomic mass is 9.92. The van der Waals surface area contributed by atoms with Gasteiger partial charge in [-0.2, -0.15) is 0 Å². The SMILES string of the molecule is CN(C(=O)C1CCCCCC1N)C(C)(C)CO. The lowest BCUT2D eigenvalue weighted by molar-refractivity contribution is -0.141. The second kappa shape index (κ2) is 5.83. The molecule has 17 heavy (non-hydrogen) atoms. The van der Waals surface area contributed by atoms with E-state index in [2.05, 4.69) is 0 Å². The maximum atomic E-state index is 12.4. The monoisotopic (exact) mass is 242 g/mol. The predicted molar refractivity (Wildman–Crippen MR) is 68.5 cm³/mol. The van der Waals surface area contributed by atoms with E-state index in [-0.39, 0.29) is 24.5 Å². The molecule has 0 radical (unpaired) electrons. The molecule has 0 aromatic carbocycles. The predicted octanol–water partition coefficient (Wildman–Crippen LogP) is 1.12. The van der Waals surface area contributed by atoms with E-state index in [1.165, 1.54) is 6.42 Å². The molecule has 0 bridgehead atoms. The van der Waals surface area contributed by atoms with Crippen LogP contribution < -0.4 is 5.73 Å². The smallest absolute Gasteiger partial charge is 0.227 e. The van der Waals surface area contributed by atoms with Gasteiger partial charge in [-0.15, -0.1) is 0 Å². The number of rotatable bonds is 3. The summed E-state index contributed by atoms with van der Waals surface area (Å²) in [4.78, 5) is 14.1. The van der Waals surface area contributed by atoms with Crippen LogP contribution in [0, 0.1) is 5.92 Å². The number of nitrogens with zero attached hydrogens (tertiary/aromatic N) is 1. The van der Waals surface area contributed by atoms with Crippen molar-refractivity contribution in [2.45, 2.75) is 57.5 Å². The van der Waals surface area contributed by atoms with Gasteiger partial charge in [-0.1, -0.05) is 19.3 Å². The lowest BCUT2D eigenvalue weighted by Gasteiger charge is -2.37. The zero-order valence-electron chi connectivity index (χ0n) is 11.3. The van der Waals surface area contributed by atoms with Crippen molar-refractivity contribution in [2.75, 3.05) is 13.7 Å². The molecule has 2 atom stereocenters. The molecular weight excluding hydrogens is 216 g/mol. The molecule has 4 heteroatoms. The highest BCUT2D eigenvalue weighted by atomic mass is 16.3. The van der Waals surface area contributed by atoms with Gasteiger partial charge in [-0.25, -0.2) is 0 Å². The van der Waals surface area contributed by atoms with Gasteiger partial charge in [-0.05, 0) is 26.7 Å². The number of amides is 1. The first-order valence-corrected chi connectivity index (χ1v) is 6.54. The van der Waals surface area contributed by atoms with Crippen molar-refractivity contribution in [1.29, 1.82) is 0 Å². The average Bonchev–Trinajstić information content (AvgIpc) is 2.52. The zero-order valence-corrected chi connectivity index (χ0v) is 11.3. The first-order chi connectivity index (χ1) is 7.90. The van der Waals surface area contributed by atoms with Crippen LogP contribution in [0.3, 0.4) is 0 Å². The molecule has 0 heterocycles. The summed E-state index contributed by atoms with van der Waals surface area (Å²) in [6, 6.07) is -0.0260. The van der Waals surface area contributed by atoms with E-state index in [0.29, 0.717) is 0 Å². The van der Waals surface area contributed by atoms with Crippen LogP contribution in [0.2, 0.25) is 0 Å². The number of nitrogens with two attached hydrogens (primary N) is 1. The van der Waals surface area contributed by atoms with Crippen LogP contribution in [0.1, 0.15) is 46.0 Å². The van der Waals surface area contributed by atoms with Crippen LogP contribution in [-0.2, 0) is 4.79 Å². The van der Waals surface area contributed by atoms with Crippen molar-refractivity contribution in [3.63, 3.8) is 0 Å². The molecule has 1 fully saturated rings. The van der Waals surface area contributed by atoms with Crippen molar-refractivity contribution in [1.82, 2.24) is 4.90 Å². The van der Waals surface area contributed by atoms with Crippen LogP contribution >= 0.6 is 0 Å². The first-order valence-electron chi connectivity index (χ1n) is 6.54. The van der Waals surface area contributed by atoms with Crippen molar-refractivity contribution in [3.05, 3.63) is 0 Å². The van der Waals surface area contributed by atoms with Crippen LogP contribution in [-0.4, -0.2) is 41.1 Å². The first kappa shape index (κ1) is 14.5. The highest BCUT2D eigenvalue weighted by molar-refractivity contribution is 5.80. The Morgan fingerprint density at radius 2 is 1.94 bits per heavy atom. The second-order valence-corrected chi connectivity index (χ2v) is 5.78. The Bertz CT molecular complexity index is 266. The molecule has 0 spiro atoms.